The van der Waals surface area contributed by atoms with Crippen LogP contribution in [0.4, 0.5) is 11.6 Å². The van der Waals surface area contributed by atoms with Gasteiger partial charge in [0, 0.05) is 17.8 Å². The molecule has 0 saturated heterocycles. The third-order valence-electron chi connectivity index (χ3n) is 2.48. The van der Waals surface area contributed by atoms with Crippen LogP contribution in [0.15, 0.2) is 35.5 Å². The molecule has 0 saturated carbocycles. The Morgan fingerprint density at radius 3 is 2.85 bits per heavy atom. The number of hydrogen-bond donors (Lipinski definition) is 1. The van der Waals surface area contributed by atoms with Crippen molar-refractivity contribution in [2.45, 2.75) is 10.8 Å². The fourth-order valence-corrected chi connectivity index (χ4v) is 2.73. The van der Waals surface area contributed by atoms with Gasteiger partial charge >= 0.3 is 5.69 Å². The lowest BCUT2D eigenvalue weighted by Crippen LogP contribution is -2.01. The van der Waals surface area contributed by atoms with Gasteiger partial charge in [-0.3, -0.25) is 10.1 Å². The van der Waals surface area contributed by atoms with E-state index in [9.17, 15) is 10.1 Å². The molecule has 1 N–H and O–H groups in total. The number of nitrogens with one attached hydrogen (secondary N) is 1. The summed E-state index contributed by atoms with van der Waals surface area (Å²) >= 11 is 7.31. The van der Waals surface area contributed by atoms with E-state index in [0.29, 0.717) is 21.7 Å². The molecule has 0 spiro atoms. The Hall–Kier alpha value is -1.86. The monoisotopic (exact) mass is 310 g/mol. The molecule has 2 aromatic rings. The molecular formula is C12H11ClN4O2S. The van der Waals surface area contributed by atoms with Crippen molar-refractivity contribution in [2.24, 2.45) is 0 Å². The van der Waals surface area contributed by atoms with E-state index in [0.717, 1.165) is 5.56 Å². The number of nitro groups is 1. The first-order chi connectivity index (χ1) is 9.61. The normalized spacial score (nSPS) is 10.3. The Balaban J connectivity index is 2.24. The summed E-state index contributed by atoms with van der Waals surface area (Å²) in [7, 11) is 1.66. The summed E-state index contributed by atoms with van der Waals surface area (Å²) in [5, 5.41) is 14.7. The summed E-state index contributed by atoms with van der Waals surface area (Å²) < 4.78 is 0. The maximum absolute atomic E-state index is 11.0. The van der Waals surface area contributed by atoms with Crippen LogP contribution in [0.2, 0.25) is 5.02 Å². The topological polar surface area (TPSA) is 81.0 Å². The average Bonchev–Trinajstić information content (AvgIpc) is 2.46. The number of hydrogen-bond acceptors (Lipinski definition) is 6. The second-order valence-corrected chi connectivity index (χ2v) is 5.14. The van der Waals surface area contributed by atoms with E-state index >= 15 is 0 Å². The van der Waals surface area contributed by atoms with Crippen LogP contribution in [0.3, 0.4) is 0 Å². The Morgan fingerprint density at radius 2 is 2.20 bits per heavy atom. The summed E-state index contributed by atoms with van der Waals surface area (Å²) in [6, 6.07) is 7.37. The van der Waals surface area contributed by atoms with Crippen LogP contribution in [0.1, 0.15) is 5.56 Å². The van der Waals surface area contributed by atoms with Crippen LogP contribution in [0.5, 0.6) is 0 Å². The van der Waals surface area contributed by atoms with Crippen LogP contribution < -0.4 is 5.32 Å². The smallest absolute Gasteiger partial charge is 0.319 e. The van der Waals surface area contributed by atoms with Crippen molar-refractivity contribution in [3.05, 3.63) is 51.2 Å². The van der Waals surface area contributed by atoms with Crippen LogP contribution in [0, 0.1) is 10.1 Å². The first-order valence-electron chi connectivity index (χ1n) is 5.67. The lowest BCUT2D eigenvalue weighted by molar-refractivity contribution is -0.388. The Bertz CT molecular complexity index is 639. The maximum Gasteiger partial charge on any atom is 0.319 e. The van der Waals surface area contributed by atoms with E-state index in [1.807, 2.05) is 18.2 Å². The zero-order chi connectivity index (χ0) is 14.5. The Morgan fingerprint density at radius 1 is 1.45 bits per heavy atom. The van der Waals surface area contributed by atoms with E-state index in [4.69, 9.17) is 11.6 Å². The van der Waals surface area contributed by atoms with Gasteiger partial charge in [-0.1, -0.05) is 41.6 Å². The van der Waals surface area contributed by atoms with Crippen molar-refractivity contribution in [3.8, 4) is 0 Å². The molecule has 0 radical (unpaired) electrons. The van der Waals surface area contributed by atoms with E-state index in [1.54, 1.807) is 13.1 Å². The molecule has 0 aliphatic heterocycles. The van der Waals surface area contributed by atoms with Gasteiger partial charge in [-0.05, 0) is 11.6 Å². The molecule has 20 heavy (non-hydrogen) atoms. The van der Waals surface area contributed by atoms with Gasteiger partial charge in [0.2, 0.25) is 5.95 Å². The third-order valence-corrected chi connectivity index (χ3v) is 3.88. The van der Waals surface area contributed by atoms with Crippen LogP contribution >= 0.6 is 23.4 Å². The van der Waals surface area contributed by atoms with Gasteiger partial charge in [-0.15, -0.1) is 0 Å². The summed E-state index contributed by atoms with van der Waals surface area (Å²) in [6.07, 6.45) is 1.20. The maximum atomic E-state index is 11.0. The highest BCUT2D eigenvalue weighted by Gasteiger charge is 2.17. The van der Waals surface area contributed by atoms with Gasteiger partial charge in [0.25, 0.3) is 0 Å². The van der Waals surface area contributed by atoms with Crippen molar-refractivity contribution in [1.82, 2.24) is 9.97 Å². The molecule has 6 nitrogen and oxygen atoms in total. The predicted molar refractivity (Wildman–Crippen MR) is 79.2 cm³/mol. The van der Waals surface area contributed by atoms with E-state index in [2.05, 4.69) is 15.3 Å². The number of benzene rings is 1. The lowest BCUT2D eigenvalue weighted by Gasteiger charge is -2.05. The van der Waals surface area contributed by atoms with Crippen LogP contribution in [0.25, 0.3) is 0 Å². The molecule has 1 heterocycles. The minimum atomic E-state index is -0.492. The van der Waals surface area contributed by atoms with Crippen LogP contribution in [-0.4, -0.2) is 21.9 Å². The Kier molecular flexibility index (Phi) is 4.75. The van der Waals surface area contributed by atoms with Gasteiger partial charge in [-0.25, -0.2) is 4.98 Å². The number of anilines is 1. The van der Waals surface area contributed by atoms with E-state index in [-0.39, 0.29) is 5.69 Å². The molecule has 0 bridgehead atoms. The molecule has 0 unspecified atom stereocenters. The number of rotatable bonds is 5. The Labute approximate surface area is 124 Å². The van der Waals surface area contributed by atoms with E-state index in [1.165, 1.54) is 18.0 Å². The van der Waals surface area contributed by atoms with Gasteiger partial charge < -0.3 is 5.32 Å². The highest BCUT2D eigenvalue weighted by atomic mass is 35.5. The largest absolute Gasteiger partial charge is 0.357 e. The summed E-state index contributed by atoms with van der Waals surface area (Å²) in [5.74, 6) is 0.845. The van der Waals surface area contributed by atoms with Crippen molar-refractivity contribution >= 4 is 35.0 Å². The first kappa shape index (κ1) is 14.5. The van der Waals surface area contributed by atoms with Crippen molar-refractivity contribution in [2.75, 3.05) is 12.4 Å². The van der Waals surface area contributed by atoms with Gasteiger partial charge in [0.05, 0.1) is 4.92 Å². The zero-order valence-corrected chi connectivity index (χ0v) is 12.1. The second kappa shape index (κ2) is 6.53. The molecule has 0 aliphatic rings. The van der Waals surface area contributed by atoms with Crippen molar-refractivity contribution in [3.63, 3.8) is 0 Å². The molecule has 8 heteroatoms. The highest BCUT2D eigenvalue weighted by molar-refractivity contribution is 7.98. The molecule has 2 rings (SSSR count). The van der Waals surface area contributed by atoms with Gasteiger partial charge in [-0.2, -0.15) is 4.98 Å². The summed E-state index contributed by atoms with van der Waals surface area (Å²) in [5.41, 5.74) is 0.791. The first-order valence-corrected chi connectivity index (χ1v) is 7.03. The third kappa shape index (κ3) is 3.37. The minimum Gasteiger partial charge on any atom is -0.357 e. The van der Waals surface area contributed by atoms with Gasteiger partial charge in [0.15, 0.2) is 5.03 Å². The van der Waals surface area contributed by atoms with Crippen LogP contribution in [-0.2, 0) is 5.75 Å². The number of aromatic nitrogens is 2. The molecule has 0 amide bonds. The molecule has 1 aromatic heterocycles. The quantitative estimate of drug-likeness (QED) is 0.394. The molecule has 0 aliphatic carbocycles. The molecule has 0 fully saturated rings. The molecule has 104 valence electrons. The fourth-order valence-electron chi connectivity index (χ4n) is 1.47. The second-order valence-electron chi connectivity index (χ2n) is 3.77. The number of halogens is 1. The van der Waals surface area contributed by atoms with Crippen molar-refractivity contribution < 1.29 is 4.92 Å². The van der Waals surface area contributed by atoms with Gasteiger partial charge in [0.1, 0.15) is 6.20 Å². The summed E-state index contributed by atoms with van der Waals surface area (Å²) in [4.78, 5) is 18.4. The highest BCUT2D eigenvalue weighted by Crippen LogP contribution is 2.31. The SMILES string of the molecule is CNc1ncc([N+](=O)[O-])c(SCc2ccccc2Cl)n1. The zero-order valence-electron chi connectivity index (χ0n) is 10.5. The predicted octanol–water partition coefficient (Wildman–Crippen LogP) is 3.37. The summed E-state index contributed by atoms with van der Waals surface area (Å²) in [6.45, 7) is 0. The lowest BCUT2D eigenvalue weighted by atomic mass is 10.2. The number of thioether (sulfide) groups is 1. The fraction of sp³-hybridized carbons (Fsp3) is 0.167. The number of nitrogens with zero attached hydrogens (tertiary/aromatic N) is 3. The van der Waals surface area contributed by atoms with Crippen molar-refractivity contribution in [1.29, 1.82) is 0 Å². The molecule has 1 aromatic carbocycles. The average molecular weight is 311 g/mol. The minimum absolute atomic E-state index is 0.110. The standard InChI is InChI=1S/C12H11ClN4O2S/c1-14-12-15-6-10(17(18)19)11(16-12)20-7-8-4-2-3-5-9(8)13/h2-6H,7H2,1H3,(H,14,15,16). The molecule has 0 atom stereocenters. The van der Waals surface area contributed by atoms with E-state index < -0.39 is 4.92 Å². The molecular weight excluding hydrogens is 300 g/mol.